The monoisotopic (exact) mass is 385 g/mol. The van der Waals surface area contributed by atoms with E-state index < -0.39 is 0 Å². The molecule has 0 atom stereocenters. The average molecular weight is 385 g/mol. The largest absolute Gasteiger partial charge is 0.493 e. The van der Waals surface area contributed by atoms with E-state index in [1.807, 2.05) is 31.6 Å². The minimum atomic E-state index is 0.561. The van der Waals surface area contributed by atoms with E-state index >= 15 is 0 Å². The molecule has 0 unspecified atom stereocenters. The molecule has 1 N–H and O–H groups in total. The van der Waals surface area contributed by atoms with Crippen LogP contribution in [-0.4, -0.2) is 40.4 Å². The molecule has 6 nitrogen and oxygen atoms in total. The van der Waals surface area contributed by atoms with Crippen LogP contribution in [-0.2, 0) is 0 Å². The molecule has 0 aliphatic carbocycles. The zero-order valence-corrected chi connectivity index (χ0v) is 16.9. The molecule has 0 saturated carbocycles. The van der Waals surface area contributed by atoms with Crippen molar-refractivity contribution in [3.8, 4) is 28.5 Å². The van der Waals surface area contributed by atoms with E-state index in [-0.39, 0.29) is 0 Å². The fourth-order valence-corrected chi connectivity index (χ4v) is 3.41. The molecule has 3 rings (SSSR count). The number of rotatable bonds is 7. The Labute approximate surface area is 163 Å². The van der Waals surface area contributed by atoms with Gasteiger partial charge >= 0.3 is 0 Å². The number of nitrogens with zero attached hydrogens (tertiary/aromatic N) is 2. The Morgan fingerprint density at radius 1 is 0.926 bits per heavy atom. The topological polar surface area (TPSA) is 55.9 Å². The number of aromatic nitrogens is 1. The molecule has 2 aromatic carbocycles. The summed E-state index contributed by atoms with van der Waals surface area (Å²) in [7, 11) is 8.83. The van der Waals surface area contributed by atoms with Crippen LogP contribution in [0.5, 0.6) is 17.2 Å². The number of hydrogen-bond donors (Lipinski definition) is 1. The maximum atomic E-state index is 5.40. The second-order valence-electron chi connectivity index (χ2n) is 6.02. The summed E-state index contributed by atoms with van der Waals surface area (Å²) in [4.78, 5) is 6.76. The highest BCUT2D eigenvalue weighted by Crippen LogP contribution is 2.41. The maximum absolute atomic E-state index is 5.40. The first kappa shape index (κ1) is 18.8. The van der Waals surface area contributed by atoms with Crippen LogP contribution in [0.15, 0.2) is 41.8 Å². The van der Waals surface area contributed by atoms with Crippen molar-refractivity contribution in [1.29, 1.82) is 0 Å². The van der Waals surface area contributed by atoms with Gasteiger partial charge in [0.2, 0.25) is 5.75 Å². The van der Waals surface area contributed by atoms with Crippen LogP contribution in [0.2, 0.25) is 0 Å². The quantitative estimate of drug-likeness (QED) is 0.639. The zero-order valence-electron chi connectivity index (χ0n) is 16.1. The third kappa shape index (κ3) is 4.09. The Kier molecular flexibility index (Phi) is 5.71. The number of ether oxygens (including phenoxy) is 3. The van der Waals surface area contributed by atoms with E-state index in [0.717, 1.165) is 27.8 Å². The Morgan fingerprint density at radius 3 is 2.07 bits per heavy atom. The number of benzene rings is 2. The van der Waals surface area contributed by atoms with Crippen LogP contribution in [0.3, 0.4) is 0 Å². The minimum Gasteiger partial charge on any atom is -0.493 e. The smallest absolute Gasteiger partial charge is 0.203 e. The molecule has 7 heteroatoms. The number of thiazole rings is 1. The van der Waals surface area contributed by atoms with E-state index in [1.165, 1.54) is 0 Å². The first-order valence-electron chi connectivity index (χ1n) is 8.36. The lowest BCUT2D eigenvalue weighted by molar-refractivity contribution is 0.324. The Morgan fingerprint density at radius 2 is 1.56 bits per heavy atom. The summed E-state index contributed by atoms with van der Waals surface area (Å²) in [5, 5.41) is 6.13. The van der Waals surface area contributed by atoms with Crippen molar-refractivity contribution >= 4 is 27.8 Å². The van der Waals surface area contributed by atoms with Gasteiger partial charge in [0.05, 0.1) is 27.0 Å². The van der Waals surface area contributed by atoms with Crippen LogP contribution in [0.25, 0.3) is 11.3 Å². The van der Waals surface area contributed by atoms with E-state index in [1.54, 1.807) is 32.7 Å². The molecule has 0 aliphatic heterocycles. The lowest BCUT2D eigenvalue weighted by atomic mass is 10.1. The Balaban J connectivity index is 1.83. The summed E-state index contributed by atoms with van der Waals surface area (Å²) in [6, 6.07) is 12.0. The van der Waals surface area contributed by atoms with Crippen LogP contribution < -0.4 is 24.4 Å². The van der Waals surface area contributed by atoms with Crippen LogP contribution in [0, 0.1) is 0 Å². The highest BCUT2D eigenvalue weighted by atomic mass is 32.1. The summed E-state index contributed by atoms with van der Waals surface area (Å²) in [6.07, 6.45) is 0. The first-order chi connectivity index (χ1) is 13.0. The second-order valence-corrected chi connectivity index (χ2v) is 6.88. The molecular weight excluding hydrogens is 362 g/mol. The zero-order chi connectivity index (χ0) is 19.4. The summed E-state index contributed by atoms with van der Waals surface area (Å²) in [5.74, 6) is 1.75. The molecule has 0 amide bonds. The highest BCUT2D eigenvalue weighted by Gasteiger charge is 2.14. The van der Waals surface area contributed by atoms with Gasteiger partial charge in [0.1, 0.15) is 0 Å². The van der Waals surface area contributed by atoms with Crippen LogP contribution >= 0.6 is 11.3 Å². The normalized spacial score (nSPS) is 10.4. The predicted molar refractivity (Wildman–Crippen MR) is 111 cm³/mol. The van der Waals surface area contributed by atoms with Gasteiger partial charge in [0.25, 0.3) is 0 Å². The van der Waals surface area contributed by atoms with Crippen molar-refractivity contribution in [3.63, 3.8) is 0 Å². The molecule has 0 aliphatic rings. The highest BCUT2D eigenvalue weighted by molar-refractivity contribution is 7.14. The predicted octanol–water partition coefficient (Wildman–Crippen LogP) is 4.65. The van der Waals surface area contributed by atoms with Gasteiger partial charge in [-0.3, -0.25) is 0 Å². The molecular formula is C20H23N3O3S. The first-order valence-corrected chi connectivity index (χ1v) is 9.24. The fraction of sp³-hybridized carbons (Fsp3) is 0.250. The summed E-state index contributed by atoms with van der Waals surface area (Å²) < 4.78 is 16.1. The third-order valence-corrected chi connectivity index (χ3v) is 4.86. The molecule has 0 saturated heterocycles. The number of methoxy groups -OCH3 is 3. The molecule has 0 fully saturated rings. The van der Waals surface area contributed by atoms with Crippen molar-refractivity contribution in [1.82, 2.24) is 4.98 Å². The van der Waals surface area contributed by atoms with Gasteiger partial charge in [-0.15, -0.1) is 11.3 Å². The fourth-order valence-electron chi connectivity index (χ4n) is 2.67. The van der Waals surface area contributed by atoms with E-state index in [4.69, 9.17) is 14.2 Å². The van der Waals surface area contributed by atoms with Crippen molar-refractivity contribution in [2.75, 3.05) is 45.6 Å². The van der Waals surface area contributed by atoms with Crippen LogP contribution in [0.4, 0.5) is 16.5 Å². The van der Waals surface area contributed by atoms with Gasteiger partial charge in [-0.2, -0.15) is 0 Å². The molecule has 0 spiro atoms. The number of anilines is 3. The molecule has 0 bridgehead atoms. The summed E-state index contributed by atoms with van der Waals surface area (Å²) >= 11 is 1.54. The van der Waals surface area contributed by atoms with Gasteiger partial charge in [-0.25, -0.2) is 4.98 Å². The minimum absolute atomic E-state index is 0.561. The molecule has 27 heavy (non-hydrogen) atoms. The lowest BCUT2D eigenvalue weighted by Gasteiger charge is -2.14. The maximum Gasteiger partial charge on any atom is 0.203 e. The average Bonchev–Trinajstić information content (AvgIpc) is 3.15. The van der Waals surface area contributed by atoms with Crippen molar-refractivity contribution in [2.24, 2.45) is 0 Å². The summed E-state index contributed by atoms with van der Waals surface area (Å²) in [5.41, 5.74) is 3.98. The van der Waals surface area contributed by atoms with E-state index in [9.17, 15) is 0 Å². The van der Waals surface area contributed by atoms with Crippen LogP contribution in [0.1, 0.15) is 0 Å². The molecule has 142 valence electrons. The molecule has 0 radical (unpaired) electrons. The number of hydrogen-bond acceptors (Lipinski definition) is 7. The third-order valence-electron chi connectivity index (χ3n) is 4.10. The standard InChI is InChI=1S/C20H23N3O3S/c1-23(2)15-8-6-13(7-9-15)16-12-27-20(22-16)21-14-10-17(24-3)19(26-5)18(11-14)25-4/h6-12H,1-5H3,(H,21,22). The van der Waals surface area contributed by atoms with E-state index in [0.29, 0.717) is 17.2 Å². The molecule has 1 heterocycles. The van der Waals surface area contributed by atoms with Gasteiger partial charge in [0.15, 0.2) is 16.6 Å². The van der Waals surface area contributed by atoms with Crippen molar-refractivity contribution in [2.45, 2.75) is 0 Å². The SMILES string of the molecule is COc1cc(Nc2nc(-c3ccc(N(C)C)cc3)cs2)cc(OC)c1OC. The van der Waals surface area contributed by atoms with Gasteiger partial charge in [-0.1, -0.05) is 12.1 Å². The molecule has 3 aromatic rings. The summed E-state index contributed by atoms with van der Waals surface area (Å²) in [6.45, 7) is 0. The van der Waals surface area contributed by atoms with E-state index in [2.05, 4.69) is 39.5 Å². The van der Waals surface area contributed by atoms with Crippen molar-refractivity contribution in [3.05, 3.63) is 41.8 Å². The molecule has 1 aromatic heterocycles. The lowest BCUT2D eigenvalue weighted by Crippen LogP contribution is -2.07. The second kappa shape index (κ2) is 8.18. The van der Waals surface area contributed by atoms with Gasteiger partial charge < -0.3 is 24.4 Å². The Hall–Kier alpha value is -2.93. The number of nitrogens with one attached hydrogen (secondary N) is 1. The van der Waals surface area contributed by atoms with Gasteiger partial charge in [0, 0.05) is 48.5 Å². The Bertz CT molecular complexity index is 882. The van der Waals surface area contributed by atoms with Crippen molar-refractivity contribution < 1.29 is 14.2 Å². The van der Waals surface area contributed by atoms with Gasteiger partial charge in [-0.05, 0) is 12.1 Å².